The van der Waals surface area contributed by atoms with Crippen molar-refractivity contribution in [3.05, 3.63) is 54.1 Å². The van der Waals surface area contributed by atoms with Gasteiger partial charge < -0.3 is 15.4 Å². The molecule has 5 nitrogen and oxygen atoms in total. The SMILES string of the molecule is CCCCCC(=O)Nc1cccc(NC(=O)COc2ccccc2C(C)(C)C)c1. The van der Waals surface area contributed by atoms with Gasteiger partial charge >= 0.3 is 0 Å². The van der Waals surface area contributed by atoms with E-state index in [1.54, 1.807) is 18.2 Å². The molecule has 0 aliphatic rings. The highest BCUT2D eigenvalue weighted by Crippen LogP contribution is 2.30. The van der Waals surface area contributed by atoms with Crippen molar-refractivity contribution in [2.24, 2.45) is 0 Å². The first-order valence-electron chi connectivity index (χ1n) is 10.2. The van der Waals surface area contributed by atoms with Gasteiger partial charge in [0, 0.05) is 17.8 Å². The van der Waals surface area contributed by atoms with Crippen molar-refractivity contribution >= 4 is 23.2 Å². The van der Waals surface area contributed by atoms with Crippen LogP contribution >= 0.6 is 0 Å². The number of hydrogen-bond acceptors (Lipinski definition) is 3. The van der Waals surface area contributed by atoms with Gasteiger partial charge in [0.2, 0.25) is 5.91 Å². The number of benzene rings is 2. The standard InChI is InChI=1S/C24H32N2O3/c1-5-6-7-15-22(27)25-18-11-10-12-19(16-18)26-23(28)17-29-21-14-9-8-13-20(21)24(2,3)4/h8-14,16H,5-7,15,17H2,1-4H3,(H,25,27)(H,26,28). The van der Waals surface area contributed by atoms with Crippen molar-refractivity contribution in [2.75, 3.05) is 17.2 Å². The monoisotopic (exact) mass is 396 g/mol. The van der Waals surface area contributed by atoms with Crippen LogP contribution in [0, 0.1) is 0 Å². The second-order valence-corrected chi connectivity index (χ2v) is 8.17. The quantitative estimate of drug-likeness (QED) is 0.548. The Balaban J connectivity index is 1.91. The maximum atomic E-state index is 12.3. The first-order valence-corrected chi connectivity index (χ1v) is 10.2. The van der Waals surface area contributed by atoms with E-state index in [-0.39, 0.29) is 23.8 Å². The zero-order chi connectivity index (χ0) is 21.3. The summed E-state index contributed by atoms with van der Waals surface area (Å²) in [7, 11) is 0. The molecule has 2 rings (SSSR count). The number of rotatable bonds is 9. The highest BCUT2D eigenvalue weighted by Gasteiger charge is 2.19. The molecule has 0 fully saturated rings. The van der Waals surface area contributed by atoms with Crippen LogP contribution in [-0.2, 0) is 15.0 Å². The average Bonchev–Trinajstić information content (AvgIpc) is 2.66. The van der Waals surface area contributed by atoms with Gasteiger partial charge in [0.25, 0.3) is 5.91 Å². The molecular formula is C24H32N2O3. The molecule has 2 aromatic carbocycles. The first kappa shape index (κ1) is 22.5. The van der Waals surface area contributed by atoms with Gasteiger partial charge in [-0.15, -0.1) is 0 Å². The van der Waals surface area contributed by atoms with E-state index in [1.807, 2.05) is 30.3 Å². The lowest BCUT2D eigenvalue weighted by Crippen LogP contribution is -2.22. The van der Waals surface area contributed by atoms with E-state index >= 15 is 0 Å². The summed E-state index contributed by atoms with van der Waals surface area (Å²) in [5.41, 5.74) is 2.27. The van der Waals surface area contributed by atoms with Gasteiger partial charge in [0.15, 0.2) is 6.61 Å². The minimum Gasteiger partial charge on any atom is -0.483 e. The third-order valence-electron chi connectivity index (χ3n) is 4.49. The van der Waals surface area contributed by atoms with E-state index in [4.69, 9.17) is 4.74 Å². The lowest BCUT2D eigenvalue weighted by molar-refractivity contribution is -0.118. The minimum atomic E-state index is -0.250. The van der Waals surface area contributed by atoms with Gasteiger partial charge in [0.1, 0.15) is 5.75 Å². The Kier molecular flexibility index (Phi) is 8.25. The normalized spacial score (nSPS) is 11.0. The number of carbonyl (C=O) groups is 2. The molecule has 0 atom stereocenters. The number of unbranched alkanes of at least 4 members (excludes halogenated alkanes) is 2. The molecular weight excluding hydrogens is 364 g/mol. The highest BCUT2D eigenvalue weighted by molar-refractivity contribution is 5.94. The number of carbonyl (C=O) groups excluding carboxylic acids is 2. The molecule has 5 heteroatoms. The van der Waals surface area contributed by atoms with Crippen LogP contribution in [0.15, 0.2) is 48.5 Å². The van der Waals surface area contributed by atoms with Crippen LogP contribution in [0.4, 0.5) is 11.4 Å². The summed E-state index contributed by atoms with van der Waals surface area (Å²) in [5, 5.41) is 5.70. The third kappa shape index (κ3) is 7.60. The van der Waals surface area contributed by atoms with Crippen molar-refractivity contribution in [3.8, 4) is 5.75 Å². The molecule has 156 valence electrons. The summed E-state index contributed by atoms with van der Waals surface area (Å²) in [6.07, 6.45) is 3.51. The number of para-hydroxylation sites is 1. The summed E-state index contributed by atoms with van der Waals surface area (Å²) in [4.78, 5) is 24.3. The molecule has 0 aromatic heterocycles. The van der Waals surface area contributed by atoms with Gasteiger partial charge in [-0.25, -0.2) is 0 Å². The molecule has 29 heavy (non-hydrogen) atoms. The predicted molar refractivity (Wildman–Crippen MR) is 118 cm³/mol. The first-order chi connectivity index (χ1) is 13.8. The summed E-state index contributed by atoms with van der Waals surface area (Å²) in [6, 6.07) is 14.9. The molecule has 2 aromatic rings. The van der Waals surface area contributed by atoms with Crippen molar-refractivity contribution in [1.82, 2.24) is 0 Å². The summed E-state index contributed by atoms with van der Waals surface area (Å²) in [6.45, 7) is 8.35. The number of amides is 2. The van der Waals surface area contributed by atoms with Gasteiger partial charge in [-0.2, -0.15) is 0 Å². The van der Waals surface area contributed by atoms with Crippen molar-refractivity contribution in [1.29, 1.82) is 0 Å². The van der Waals surface area contributed by atoms with Gasteiger partial charge in [-0.05, 0) is 41.7 Å². The predicted octanol–water partition coefficient (Wildman–Crippen LogP) is 5.52. The Hall–Kier alpha value is -2.82. The second-order valence-electron chi connectivity index (χ2n) is 8.17. The van der Waals surface area contributed by atoms with E-state index in [9.17, 15) is 9.59 Å². The fourth-order valence-electron chi connectivity index (χ4n) is 2.99. The third-order valence-corrected chi connectivity index (χ3v) is 4.49. The summed E-state index contributed by atoms with van der Waals surface area (Å²) >= 11 is 0. The molecule has 0 aliphatic heterocycles. The Morgan fingerprint density at radius 3 is 2.21 bits per heavy atom. The topological polar surface area (TPSA) is 67.4 Å². The smallest absolute Gasteiger partial charge is 0.262 e. The van der Waals surface area contributed by atoms with E-state index in [0.717, 1.165) is 24.8 Å². The van der Waals surface area contributed by atoms with Crippen molar-refractivity contribution < 1.29 is 14.3 Å². The van der Waals surface area contributed by atoms with E-state index in [2.05, 4.69) is 38.3 Å². The number of hydrogen-bond donors (Lipinski definition) is 2. The molecule has 0 spiro atoms. The Labute approximate surface area is 173 Å². The second kappa shape index (κ2) is 10.6. The van der Waals surface area contributed by atoms with Gasteiger partial charge in [0.05, 0.1) is 0 Å². The Morgan fingerprint density at radius 1 is 0.897 bits per heavy atom. The van der Waals surface area contributed by atoms with E-state index < -0.39 is 0 Å². The average molecular weight is 397 g/mol. The van der Waals surface area contributed by atoms with Crippen LogP contribution in [-0.4, -0.2) is 18.4 Å². The molecule has 0 bridgehead atoms. The largest absolute Gasteiger partial charge is 0.483 e. The lowest BCUT2D eigenvalue weighted by atomic mass is 9.86. The van der Waals surface area contributed by atoms with Crippen LogP contribution < -0.4 is 15.4 Å². The number of ether oxygens (including phenoxy) is 1. The molecule has 2 amide bonds. The molecule has 2 N–H and O–H groups in total. The minimum absolute atomic E-state index is 0.0101. The van der Waals surface area contributed by atoms with Crippen molar-refractivity contribution in [2.45, 2.75) is 58.8 Å². The van der Waals surface area contributed by atoms with Gasteiger partial charge in [-0.1, -0.05) is 64.8 Å². The Morgan fingerprint density at radius 2 is 1.55 bits per heavy atom. The molecule has 0 saturated heterocycles. The van der Waals surface area contributed by atoms with E-state index in [0.29, 0.717) is 23.5 Å². The summed E-state index contributed by atoms with van der Waals surface area (Å²) in [5.74, 6) is 0.451. The zero-order valence-corrected chi connectivity index (χ0v) is 17.9. The Bertz CT molecular complexity index is 825. The molecule has 0 unspecified atom stereocenters. The molecule has 0 saturated carbocycles. The summed E-state index contributed by atoms with van der Waals surface area (Å²) < 4.78 is 5.77. The van der Waals surface area contributed by atoms with Crippen molar-refractivity contribution in [3.63, 3.8) is 0 Å². The number of nitrogens with one attached hydrogen (secondary N) is 2. The zero-order valence-electron chi connectivity index (χ0n) is 17.9. The van der Waals surface area contributed by atoms with Crippen LogP contribution in [0.1, 0.15) is 58.9 Å². The number of anilines is 2. The van der Waals surface area contributed by atoms with Crippen LogP contribution in [0.5, 0.6) is 5.75 Å². The fraction of sp³-hybridized carbons (Fsp3) is 0.417. The molecule has 0 radical (unpaired) electrons. The molecule has 0 heterocycles. The van der Waals surface area contributed by atoms with Crippen LogP contribution in [0.25, 0.3) is 0 Å². The molecule has 0 aliphatic carbocycles. The lowest BCUT2D eigenvalue weighted by Gasteiger charge is -2.22. The van der Waals surface area contributed by atoms with Gasteiger partial charge in [-0.3, -0.25) is 9.59 Å². The van der Waals surface area contributed by atoms with Crippen LogP contribution in [0.2, 0.25) is 0 Å². The highest BCUT2D eigenvalue weighted by atomic mass is 16.5. The van der Waals surface area contributed by atoms with E-state index in [1.165, 1.54) is 0 Å². The fourth-order valence-corrected chi connectivity index (χ4v) is 2.99. The maximum absolute atomic E-state index is 12.3. The van der Waals surface area contributed by atoms with Crippen LogP contribution in [0.3, 0.4) is 0 Å². The maximum Gasteiger partial charge on any atom is 0.262 e.